The summed E-state index contributed by atoms with van der Waals surface area (Å²) in [5.74, 6) is -0.0669. The van der Waals surface area contributed by atoms with Gasteiger partial charge in [-0.1, -0.05) is 23.7 Å². The molecule has 0 fully saturated rings. The third kappa shape index (κ3) is 2.25. The standard InChI is InChI=1S/C15H16ClN3O/c1-2-19-14(13(16)9-18-19)15(20)11-4-3-10-5-6-17-8-12(10)7-11/h3-4,7,9,17H,2,5-6,8H2,1H3. The lowest BCUT2D eigenvalue weighted by Gasteiger charge is -2.17. The molecule has 2 aromatic rings. The van der Waals surface area contributed by atoms with Gasteiger partial charge in [0.05, 0.1) is 11.2 Å². The topological polar surface area (TPSA) is 46.9 Å². The van der Waals surface area contributed by atoms with E-state index < -0.39 is 0 Å². The average molecular weight is 290 g/mol. The fourth-order valence-corrected chi connectivity index (χ4v) is 2.81. The summed E-state index contributed by atoms with van der Waals surface area (Å²) in [4.78, 5) is 12.6. The third-order valence-electron chi connectivity index (χ3n) is 3.66. The van der Waals surface area contributed by atoms with Crippen molar-refractivity contribution in [3.63, 3.8) is 0 Å². The fraction of sp³-hybridized carbons (Fsp3) is 0.333. The summed E-state index contributed by atoms with van der Waals surface area (Å²) >= 11 is 6.10. The highest BCUT2D eigenvalue weighted by atomic mass is 35.5. The van der Waals surface area contributed by atoms with E-state index in [-0.39, 0.29) is 5.78 Å². The third-order valence-corrected chi connectivity index (χ3v) is 3.94. The molecule has 20 heavy (non-hydrogen) atoms. The molecule has 0 radical (unpaired) electrons. The van der Waals surface area contributed by atoms with Crippen molar-refractivity contribution in [2.24, 2.45) is 0 Å². The van der Waals surface area contributed by atoms with Gasteiger partial charge >= 0.3 is 0 Å². The van der Waals surface area contributed by atoms with Crippen LogP contribution < -0.4 is 5.32 Å². The first kappa shape index (κ1) is 13.3. The van der Waals surface area contributed by atoms with E-state index in [1.54, 1.807) is 4.68 Å². The van der Waals surface area contributed by atoms with E-state index in [0.717, 1.165) is 19.5 Å². The smallest absolute Gasteiger partial charge is 0.212 e. The van der Waals surface area contributed by atoms with Crippen molar-refractivity contribution in [3.05, 3.63) is 51.8 Å². The highest BCUT2D eigenvalue weighted by Crippen LogP contribution is 2.22. The molecule has 1 N–H and O–H groups in total. The predicted octanol–water partition coefficient (Wildman–Crippen LogP) is 2.43. The minimum absolute atomic E-state index is 0.0669. The maximum Gasteiger partial charge on any atom is 0.212 e. The molecule has 4 nitrogen and oxygen atoms in total. The van der Waals surface area contributed by atoms with Gasteiger partial charge in [-0.3, -0.25) is 9.48 Å². The second kappa shape index (κ2) is 5.38. The molecule has 1 aliphatic heterocycles. The predicted molar refractivity (Wildman–Crippen MR) is 78.2 cm³/mol. The quantitative estimate of drug-likeness (QED) is 0.883. The number of fused-ring (bicyclic) bond motifs is 1. The van der Waals surface area contributed by atoms with Crippen molar-refractivity contribution in [2.75, 3.05) is 6.54 Å². The second-order valence-corrected chi connectivity index (χ2v) is 5.30. The van der Waals surface area contributed by atoms with Gasteiger partial charge in [0.15, 0.2) is 0 Å². The highest BCUT2D eigenvalue weighted by molar-refractivity contribution is 6.34. The van der Waals surface area contributed by atoms with Crippen molar-refractivity contribution in [2.45, 2.75) is 26.4 Å². The van der Waals surface area contributed by atoms with Crippen LogP contribution in [0.25, 0.3) is 0 Å². The number of nitrogens with one attached hydrogen (secondary N) is 1. The van der Waals surface area contributed by atoms with Gasteiger partial charge in [-0.05, 0) is 37.1 Å². The van der Waals surface area contributed by atoms with Gasteiger partial charge in [0.25, 0.3) is 0 Å². The maximum atomic E-state index is 12.6. The lowest BCUT2D eigenvalue weighted by molar-refractivity contribution is 0.102. The van der Waals surface area contributed by atoms with Crippen LogP contribution in [-0.4, -0.2) is 22.1 Å². The number of nitrogens with zero attached hydrogens (tertiary/aromatic N) is 2. The molecule has 0 unspecified atom stereocenters. The van der Waals surface area contributed by atoms with Crippen LogP contribution >= 0.6 is 11.6 Å². The number of hydrogen-bond donors (Lipinski definition) is 1. The van der Waals surface area contributed by atoms with Gasteiger partial charge in [-0.15, -0.1) is 0 Å². The number of benzene rings is 1. The summed E-state index contributed by atoms with van der Waals surface area (Å²) in [5, 5.41) is 7.85. The number of carbonyl (C=O) groups is 1. The highest BCUT2D eigenvalue weighted by Gasteiger charge is 2.20. The number of rotatable bonds is 3. The van der Waals surface area contributed by atoms with Crippen molar-refractivity contribution < 1.29 is 4.79 Å². The number of aryl methyl sites for hydroxylation is 1. The molecule has 5 heteroatoms. The molecular formula is C15H16ClN3O. The van der Waals surface area contributed by atoms with E-state index in [2.05, 4.69) is 10.4 Å². The Kier molecular flexibility index (Phi) is 3.59. The number of carbonyl (C=O) groups excluding carboxylic acids is 1. The molecule has 0 aliphatic carbocycles. The van der Waals surface area contributed by atoms with Gasteiger partial charge in [0.1, 0.15) is 5.69 Å². The van der Waals surface area contributed by atoms with Crippen molar-refractivity contribution in [3.8, 4) is 0 Å². The summed E-state index contributed by atoms with van der Waals surface area (Å²) in [6.07, 6.45) is 2.54. The number of hydrogen-bond acceptors (Lipinski definition) is 3. The summed E-state index contributed by atoms with van der Waals surface area (Å²) in [7, 11) is 0. The van der Waals surface area contributed by atoms with Crippen LogP contribution in [0.2, 0.25) is 5.02 Å². The normalized spacial score (nSPS) is 14.1. The minimum atomic E-state index is -0.0669. The monoisotopic (exact) mass is 289 g/mol. The molecule has 0 saturated carbocycles. The summed E-state index contributed by atoms with van der Waals surface area (Å²) in [6.45, 7) is 4.38. The molecule has 3 rings (SSSR count). The van der Waals surface area contributed by atoms with Crippen LogP contribution in [0, 0.1) is 0 Å². The molecule has 0 atom stereocenters. The number of aromatic nitrogens is 2. The molecule has 1 aromatic heterocycles. The van der Waals surface area contributed by atoms with Gasteiger partial charge in [-0.25, -0.2) is 0 Å². The molecule has 104 valence electrons. The van der Waals surface area contributed by atoms with Crippen molar-refractivity contribution in [1.29, 1.82) is 0 Å². The minimum Gasteiger partial charge on any atom is -0.312 e. The van der Waals surface area contributed by atoms with Gasteiger partial charge in [0.2, 0.25) is 5.78 Å². The fourth-order valence-electron chi connectivity index (χ4n) is 2.59. The number of ketones is 1. The number of halogens is 1. The summed E-state index contributed by atoms with van der Waals surface area (Å²) in [5.41, 5.74) is 3.65. The van der Waals surface area contributed by atoms with Gasteiger partial charge in [0, 0.05) is 18.7 Å². The maximum absolute atomic E-state index is 12.6. The Morgan fingerprint density at radius 2 is 2.30 bits per heavy atom. The van der Waals surface area contributed by atoms with E-state index in [1.165, 1.54) is 17.3 Å². The average Bonchev–Trinajstić information content (AvgIpc) is 2.87. The van der Waals surface area contributed by atoms with Crippen LogP contribution in [0.4, 0.5) is 0 Å². The van der Waals surface area contributed by atoms with E-state index in [4.69, 9.17) is 11.6 Å². The van der Waals surface area contributed by atoms with E-state index in [9.17, 15) is 4.79 Å². The van der Waals surface area contributed by atoms with Gasteiger partial charge in [-0.2, -0.15) is 5.10 Å². The first-order chi connectivity index (χ1) is 9.70. The molecule has 0 saturated heterocycles. The molecular weight excluding hydrogens is 274 g/mol. The zero-order valence-electron chi connectivity index (χ0n) is 11.3. The largest absolute Gasteiger partial charge is 0.312 e. The van der Waals surface area contributed by atoms with Crippen LogP contribution in [0.1, 0.15) is 34.1 Å². The Morgan fingerprint density at radius 1 is 1.45 bits per heavy atom. The van der Waals surface area contributed by atoms with Crippen LogP contribution in [-0.2, 0) is 19.5 Å². The Balaban J connectivity index is 2.00. The Morgan fingerprint density at radius 3 is 3.10 bits per heavy atom. The first-order valence-corrected chi connectivity index (χ1v) is 7.17. The van der Waals surface area contributed by atoms with Crippen LogP contribution in [0.5, 0.6) is 0 Å². The molecule has 0 spiro atoms. The Hall–Kier alpha value is -1.65. The summed E-state index contributed by atoms with van der Waals surface area (Å²) < 4.78 is 1.64. The molecule has 0 bridgehead atoms. The molecule has 1 aliphatic rings. The Labute approximate surface area is 122 Å². The van der Waals surface area contributed by atoms with Crippen molar-refractivity contribution in [1.82, 2.24) is 15.1 Å². The molecule has 0 amide bonds. The van der Waals surface area contributed by atoms with E-state index >= 15 is 0 Å². The van der Waals surface area contributed by atoms with Crippen LogP contribution in [0.15, 0.2) is 24.4 Å². The second-order valence-electron chi connectivity index (χ2n) is 4.90. The van der Waals surface area contributed by atoms with Crippen LogP contribution in [0.3, 0.4) is 0 Å². The lowest BCUT2D eigenvalue weighted by atomic mass is 9.96. The van der Waals surface area contributed by atoms with Crippen molar-refractivity contribution >= 4 is 17.4 Å². The zero-order valence-corrected chi connectivity index (χ0v) is 12.1. The van der Waals surface area contributed by atoms with Gasteiger partial charge < -0.3 is 5.32 Å². The molecule has 2 heterocycles. The zero-order chi connectivity index (χ0) is 14.1. The summed E-state index contributed by atoms with van der Waals surface area (Å²) in [6, 6.07) is 5.90. The van der Waals surface area contributed by atoms with E-state index in [0.29, 0.717) is 22.8 Å². The SMILES string of the molecule is CCn1ncc(Cl)c1C(=O)c1ccc2c(c1)CNCC2. The first-order valence-electron chi connectivity index (χ1n) is 6.79. The van der Waals surface area contributed by atoms with E-state index in [1.807, 2.05) is 25.1 Å². The Bertz CT molecular complexity index is 663. The lowest BCUT2D eigenvalue weighted by Crippen LogP contribution is -2.24. The molecule has 1 aromatic carbocycles.